The van der Waals surface area contributed by atoms with Crippen LogP contribution in [-0.2, 0) is 9.47 Å². The van der Waals surface area contributed by atoms with Crippen LogP contribution < -0.4 is 0 Å². The highest BCUT2D eigenvalue weighted by Gasteiger charge is 2.13. The van der Waals surface area contributed by atoms with Gasteiger partial charge < -0.3 is 19.7 Å². The van der Waals surface area contributed by atoms with Gasteiger partial charge in [-0.15, -0.1) is 0 Å². The van der Waals surface area contributed by atoms with Crippen LogP contribution in [0.1, 0.15) is 96.8 Å². The molecule has 2 N–H and O–H groups in total. The topological polar surface area (TPSA) is 58.9 Å². The number of aliphatic hydroxyl groups is 2. The van der Waals surface area contributed by atoms with Crippen LogP contribution in [0.15, 0.2) is 0 Å². The SMILES string of the molecule is CCCCCC(O)CCCC(O)CCCCCOC1CCCCO1. The Morgan fingerprint density at radius 2 is 1.54 bits per heavy atom. The summed E-state index contributed by atoms with van der Waals surface area (Å²) < 4.78 is 11.2. The van der Waals surface area contributed by atoms with Crippen LogP contribution in [0, 0.1) is 0 Å². The van der Waals surface area contributed by atoms with E-state index in [1.54, 1.807) is 0 Å². The summed E-state index contributed by atoms with van der Waals surface area (Å²) >= 11 is 0. The first-order valence-electron chi connectivity index (χ1n) is 10.3. The van der Waals surface area contributed by atoms with Crippen molar-refractivity contribution in [2.45, 2.75) is 115 Å². The van der Waals surface area contributed by atoms with E-state index in [1.165, 1.54) is 19.3 Å². The van der Waals surface area contributed by atoms with E-state index in [0.29, 0.717) is 0 Å². The van der Waals surface area contributed by atoms with Crippen LogP contribution in [0.2, 0.25) is 0 Å². The van der Waals surface area contributed by atoms with Crippen molar-refractivity contribution >= 4 is 0 Å². The Morgan fingerprint density at radius 1 is 0.875 bits per heavy atom. The van der Waals surface area contributed by atoms with Gasteiger partial charge in [-0.05, 0) is 57.8 Å². The molecule has 0 spiro atoms. The van der Waals surface area contributed by atoms with Gasteiger partial charge in [0.25, 0.3) is 0 Å². The normalized spacial score (nSPS) is 20.9. The minimum Gasteiger partial charge on any atom is -0.393 e. The molecular formula is C20H40O4. The number of aliphatic hydroxyl groups excluding tert-OH is 2. The maximum absolute atomic E-state index is 10.0. The molecule has 0 radical (unpaired) electrons. The van der Waals surface area contributed by atoms with Crippen molar-refractivity contribution < 1.29 is 19.7 Å². The van der Waals surface area contributed by atoms with E-state index in [4.69, 9.17) is 9.47 Å². The molecule has 0 aromatic carbocycles. The van der Waals surface area contributed by atoms with E-state index in [0.717, 1.165) is 83.8 Å². The Morgan fingerprint density at radius 3 is 2.17 bits per heavy atom. The van der Waals surface area contributed by atoms with Gasteiger partial charge >= 0.3 is 0 Å². The third-order valence-electron chi connectivity index (χ3n) is 4.84. The van der Waals surface area contributed by atoms with Crippen molar-refractivity contribution in [1.29, 1.82) is 0 Å². The first kappa shape index (κ1) is 21.9. The molecule has 0 bridgehead atoms. The Labute approximate surface area is 148 Å². The average Bonchev–Trinajstić information content (AvgIpc) is 2.59. The molecule has 0 aromatic heterocycles. The smallest absolute Gasteiger partial charge is 0.157 e. The summed E-state index contributed by atoms with van der Waals surface area (Å²) in [5.74, 6) is 0. The van der Waals surface area contributed by atoms with Crippen LogP contribution in [0.4, 0.5) is 0 Å². The molecule has 144 valence electrons. The maximum Gasteiger partial charge on any atom is 0.157 e. The van der Waals surface area contributed by atoms with Crippen LogP contribution in [-0.4, -0.2) is 41.9 Å². The van der Waals surface area contributed by atoms with Crippen molar-refractivity contribution in [1.82, 2.24) is 0 Å². The van der Waals surface area contributed by atoms with E-state index in [9.17, 15) is 10.2 Å². The van der Waals surface area contributed by atoms with Gasteiger partial charge in [-0.3, -0.25) is 0 Å². The molecule has 1 rings (SSSR count). The molecule has 0 saturated carbocycles. The third-order valence-corrected chi connectivity index (χ3v) is 4.84. The Kier molecular flexibility index (Phi) is 13.8. The van der Waals surface area contributed by atoms with E-state index < -0.39 is 0 Å². The lowest BCUT2D eigenvalue weighted by Crippen LogP contribution is -2.22. The Bertz CT molecular complexity index is 266. The minimum absolute atomic E-state index is 0.0214. The van der Waals surface area contributed by atoms with Gasteiger partial charge in [-0.25, -0.2) is 0 Å². The van der Waals surface area contributed by atoms with Gasteiger partial charge in [-0.2, -0.15) is 0 Å². The first-order valence-corrected chi connectivity index (χ1v) is 10.3. The summed E-state index contributed by atoms with van der Waals surface area (Å²) in [4.78, 5) is 0. The molecule has 0 aromatic rings. The molecule has 4 nitrogen and oxygen atoms in total. The molecular weight excluding hydrogens is 304 g/mol. The van der Waals surface area contributed by atoms with E-state index in [2.05, 4.69) is 6.92 Å². The summed E-state index contributed by atoms with van der Waals surface area (Å²) in [6.07, 6.45) is 14.1. The summed E-state index contributed by atoms with van der Waals surface area (Å²) in [5, 5.41) is 19.9. The molecule has 3 unspecified atom stereocenters. The third kappa shape index (κ3) is 12.2. The number of hydrogen-bond donors (Lipinski definition) is 2. The molecule has 1 fully saturated rings. The van der Waals surface area contributed by atoms with Crippen LogP contribution in [0.5, 0.6) is 0 Å². The zero-order valence-electron chi connectivity index (χ0n) is 15.8. The molecule has 0 amide bonds. The maximum atomic E-state index is 10.0. The summed E-state index contributed by atoms with van der Waals surface area (Å²) in [7, 11) is 0. The Balaban J connectivity index is 1.84. The minimum atomic E-state index is -0.213. The highest BCUT2D eigenvalue weighted by atomic mass is 16.7. The fourth-order valence-electron chi connectivity index (χ4n) is 3.22. The lowest BCUT2D eigenvalue weighted by molar-refractivity contribution is -0.162. The number of hydrogen-bond acceptors (Lipinski definition) is 4. The zero-order chi connectivity index (χ0) is 17.5. The Hall–Kier alpha value is -0.160. The van der Waals surface area contributed by atoms with Gasteiger partial charge in [0.2, 0.25) is 0 Å². The zero-order valence-corrected chi connectivity index (χ0v) is 15.8. The highest BCUT2D eigenvalue weighted by Crippen LogP contribution is 2.16. The number of unbranched alkanes of at least 4 members (excludes halogenated alkanes) is 4. The molecule has 1 aliphatic heterocycles. The van der Waals surface area contributed by atoms with E-state index >= 15 is 0 Å². The average molecular weight is 345 g/mol. The predicted octanol–water partition coefficient (Wildman–Crippen LogP) is 4.56. The first-order chi connectivity index (χ1) is 11.7. The molecule has 4 heteroatoms. The van der Waals surface area contributed by atoms with Gasteiger partial charge in [0.05, 0.1) is 12.2 Å². The lowest BCUT2D eigenvalue weighted by atomic mass is 10.0. The monoisotopic (exact) mass is 344 g/mol. The van der Waals surface area contributed by atoms with Crippen LogP contribution >= 0.6 is 0 Å². The second kappa shape index (κ2) is 15.1. The molecule has 1 heterocycles. The lowest BCUT2D eigenvalue weighted by Gasteiger charge is -2.22. The molecule has 3 atom stereocenters. The molecule has 0 aliphatic carbocycles. The van der Waals surface area contributed by atoms with Gasteiger partial charge in [0.1, 0.15) is 0 Å². The van der Waals surface area contributed by atoms with Crippen molar-refractivity contribution in [2.75, 3.05) is 13.2 Å². The van der Waals surface area contributed by atoms with E-state index in [1.807, 2.05) is 0 Å². The molecule has 1 saturated heterocycles. The van der Waals surface area contributed by atoms with Gasteiger partial charge in [0, 0.05) is 13.2 Å². The summed E-state index contributed by atoms with van der Waals surface area (Å²) in [5.41, 5.74) is 0. The second-order valence-corrected chi connectivity index (χ2v) is 7.25. The van der Waals surface area contributed by atoms with Crippen molar-refractivity contribution in [3.05, 3.63) is 0 Å². The quantitative estimate of drug-likeness (QED) is 0.428. The van der Waals surface area contributed by atoms with Gasteiger partial charge in [0.15, 0.2) is 6.29 Å². The van der Waals surface area contributed by atoms with E-state index in [-0.39, 0.29) is 18.5 Å². The fourth-order valence-corrected chi connectivity index (χ4v) is 3.22. The number of rotatable bonds is 15. The molecule has 24 heavy (non-hydrogen) atoms. The van der Waals surface area contributed by atoms with Crippen LogP contribution in [0.3, 0.4) is 0 Å². The van der Waals surface area contributed by atoms with Crippen molar-refractivity contribution in [3.8, 4) is 0 Å². The van der Waals surface area contributed by atoms with Crippen LogP contribution in [0.25, 0.3) is 0 Å². The summed E-state index contributed by atoms with van der Waals surface area (Å²) in [6.45, 7) is 3.79. The highest BCUT2D eigenvalue weighted by molar-refractivity contribution is 4.61. The largest absolute Gasteiger partial charge is 0.393 e. The van der Waals surface area contributed by atoms with Crippen molar-refractivity contribution in [3.63, 3.8) is 0 Å². The van der Waals surface area contributed by atoms with Crippen molar-refractivity contribution in [2.24, 2.45) is 0 Å². The standard InChI is InChI=1S/C20H40O4/c1-2-3-5-11-18(21)13-10-14-19(22)12-6-4-8-16-23-20-15-7-9-17-24-20/h18-22H,2-17H2,1H3. The fraction of sp³-hybridized carbons (Fsp3) is 1.00. The second-order valence-electron chi connectivity index (χ2n) is 7.25. The summed E-state index contributed by atoms with van der Waals surface area (Å²) in [6, 6.07) is 0. The van der Waals surface area contributed by atoms with Gasteiger partial charge in [-0.1, -0.05) is 39.0 Å². The predicted molar refractivity (Wildman–Crippen MR) is 98.0 cm³/mol. The number of ether oxygens (including phenoxy) is 2. The molecule has 1 aliphatic rings.